The van der Waals surface area contributed by atoms with Crippen LogP contribution in [0.2, 0.25) is 0 Å². The third-order valence-electron chi connectivity index (χ3n) is 3.35. The van der Waals surface area contributed by atoms with E-state index in [2.05, 4.69) is 10.6 Å². The van der Waals surface area contributed by atoms with Gasteiger partial charge in [-0.3, -0.25) is 0 Å². The van der Waals surface area contributed by atoms with Crippen LogP contribution in [-0.2, 0) is 6.54 Å². The molecule has 0 fully saturated rings. The van der Waals surface area contributed by atoms with E-state index in [0.29, 0.717) is 11.7 Å². The first-order chi connectivity index (χ1) is 11.6. The quantitative estimate of drug-likeness (QED) is 0.807. The molecule has 6 heteroatoms. The van der Waals surface area contributed by atoms with Gasteiger partial charge in [0.2, 0.25) is 6.79 Å². The highest BCUT2D eigenvalue weighted by Crippen LogP contribution is 2.34. The lowest BCUT2D eigenvalue weighted by Crippen LogP contribution is -2.27. The minimum atomic E-state index is 0.155. The fourth-order valence-corrected chi connectivity index (χ4v) is 2.52. The highest BCUT2D eigenvalue weighted by atomic mass is 32.1. The topological polar surface area (TPSA) is 51.8 Å². The molecule has 0 spiro atoms. The Balaban J connectivity index is 1.54. The molecule has 0 amide bonds. The number of fused-ring (bicyclic) bond motifs is 1. The van der Waals surface area contributed by atoms with Gasteiger partial charge in [0.05, 0.1) is 6.10 Å². The van der Waals surface area contributed by atoms with E-state index in [0.717, 1.165) is 28.5 Å². The second-order valence-corrected chi connectivity index (χ2v) is 6.10. The number of benzene rings is 2. The highest BCUT2D eigenvalue weighted by Gasteiger charge is 2.13. The van der Waals surface area contributed by atoms with Crippen molar-refractivity contribution in [2.75, 3.05) is 12.1 Å². The third kappa shape index (κ3) is 4.29. The van der Waals surface area contributed by atoms with Crippen LogP contribution in [0.1, 0.15) is 19.4 Å². The molecule has 0 saturated carbocycles. The van der Waals surface area contributed by atoms with Crippen molar-refractivity contribution in [3.8, 4) is 17.2 Å². The van der Waals surface area contributed by atoms with E-state index in [1.807, 2.05) is 56.3 Å². The van der Waals surface area contributed by atoms with Gasteiger partial charge in [-0.2, -0.15) is 0 Å². The van der Waals surface area contributed by atoms with E-state index in [9.17, 15) is 0 Å². The van der Waals surface area contributed by atoms with Gasteiger partial charge in [-0.1, -0.05) is 12.1 Å². The predicted octanol–water partition coefficient (Wildman–Crippen LogP) is 3.69. The Morgan fingerprint density at radius 2 is 2.00 bits per heavy atom. The molecule has 126 valence electrons. The summed E-state index contributed by atoms with van der Waals surface area (Å²) in [6.45, 7) is 4.90. The standard InChI is InChI=1S/C18H20N2O3S/c1-12(2)23-15-5-3-4-13(8-15)10-19-18(24)20-14-6-7-16-17(9-14)22-11-21-16/h3-9,12H,10-11H2,1-2H3,(H2,19,20,24). The van der Waals surface area contributed by atoms with E-state index >= 15 is 0 Å². The first kappa shape index (κ1) is 16.4. The summed E-state index contributed by atoms with van der Waals surface area (Å²) in [4.78, 5) is 0. The summed E-state index contributed by atoms with van der Waals surface area (Å²) in [5.74, 6) is 2.33. The number of anilines is 1. The van der Waals surface area contributed by atoms with Gasteiger partial charge in [-0.25, -0.2) is 0 Å². The summed E-state index contributed by atoms with van der Waals surface area (Å²) in [5.41, 5.74) is 1.96. The molecule has 1 aliphatic rings. The Morgan fingerprint density at radius 1 is 1.17 bits per heavy atom. The van der Waals surface area contributed by atoms with Crippen LogP contribution in [-0.4, -0.2) is 18.0 Å². The molecule has 2 N–H and O–H groups in total. The highest BCUT2D eigenvalue weighted by molar-refractivity contribution is 7.80. The Bertz CT molecular complexity index is 734. The zero-order valence-corrected chi connectivity index (χ0v) is 14.5. The zero-order chi connectivity index (χ0) is 16.9. The number of thiocarbonyl (C=S) groups is 1. The Hall–Kier alpha value is -2.47. The molecule has 3 rings (SSSR count). The van der Waals surface area contributed by atoms with Gasteiger partial charge >= 0.3 is 0 Å². The SMILES string of the molecule is CC(C)Oc1cccc(CNC(=S)Nc2ccc3c(c2)OCO3)c1. The van der Waals surface area contributed by atoms with Crippen molar-refractivity contribution in [1.29, 1.82) is 0 Å². The average molecular weight is 344 g/mol. The molecule has 0 saturated heterocycles. The summed E-state index contributed by atoms with van der Waals surface area (Å²) in [7, 11) is 0. The molecule has 24 heavy (non-hydrogen) atoms. The van der Waals surface area contributed by atoms with Crippen LogP contribution in [0.25, 0.3) is 0 Å². The number of hydrogen-bond acceptors (Lipinski definition) is 4. The molecule has 5 nitrogen and oxygen atoms in total. The normalized spacial score (nSPS) is 12.1. The maximum Gasteiger partial charge on any atom is 0.231 e. The van der Waals surface area contributed by atoms with Gasteiger partial charge in [0.25, 0.3) is 0 Å². The molecule has 2 aromatic carbocycles. The molecule has 0 atom stereocenters. The van der Waals surface area contributed by atoms with Crippen molar-refractivity contribution in [2.24, 2.45) is 0 Å². The summed E-state index contributed by atoms with van der Waals surface area (Å²) in [6, 6.07) is 13.6. The van der Waals surface area contributed by atoms with Crippen LogP contribution >= 0.6 is 12.2 Å². The smallest absolute Gasteiger partial charge is 0.231 e. The van der Waals surface area contributed by atoms with Crippen molar-refractivity contribution >= 4 is 23.0 Å². The second kappa shape index (κ2) is 7.40. The van der Waals surface area contributed by atoms with Crippen molar-refractivity contribution in [3.63, 3.8) is 0 Å². The molecule has 1 aliphatic heterocycles. The summed E-state index contributed by atoms with van der Waals surface area (Å²) < 4.78 is 16.3. The van der Waals surface area contributed by atoms with Crippen molar-refractivity contribution < 1.29 is 14.2 Å². The molecule has 2 aromatic rings. The lowest BCUT2D eigenvalue weighted by Gasteiger charge is -2.13. The van der Waals surface area contributed by atoms with E-state index < -0.39 is 0 Å². The molecule has 0 aliphatic carbocycles. The lowest BCUT2D eigenvalue weighted by atomic mass is 10.2. The summed E-state index contributed by atoms with van der Waals surface area (Å²) in [6.07, 6.45) is 0.155. The van der Waals surface area contributed by atoms with Crippen LogP contribution in [0, 0.1) is 0 Å². The first-order valence-electron chi connectivity index (χ1n) is 7.80. The van der Waals surface area contributed by atoms with Gasteiger partial charge in [0, 0.05) is 18.3 Å². The number of nitrogens with one attached hydrogen (secondary N) is 2. The third-order valence-corrected chi connectivity index (χ3v) is 3.60. The largest absolute Gasteiger partial charge is 0.491 e. The average Bonchev–Trinajstić information content (AvgIpc) is 3.00. The maximum atomic E-state index is 5.70. The summed E-state index contributed by atoms with van der Waals surface area (Å²) in [5, 5.41) is 6.88. The van der Waals surface area contributed by atoms with Crippen LogP contribution in [0.3, 0.4) is 0 Å². The summed E-state index contributed by atoms with van der Waals surface area (Å²) >= 11 is 5.34. The van der Waals surface area contributed by atoms with Crippen LogP contribution in [0.4, 0.5) is 5.69 Å². The molecule has 0 aromatic heterocycles. The lowest BCUT2D eigenvalue weighted by molar-refractivity contribution is 0.174. The van der Waals surface area contributed by atoms with Gasteiger partial charge in [-0.15, -0.1) is 0 Å². The molecular formula is C18H20N2O3S. The van der Waals surface area contributed by atoms with Crippen molar-refractivity contribution in [1.82, 2.24) is 5.32 Å². The molecule has 0 unspecified atom stereocenters. The molecule has 0 bridgehead atoms. The monoisotopic (exact) mass is 344 g/mol. The number of rotatable bonds is 5. The fourth-order valence-electron chi connectivity index (χ4n) is 2.33. The minimum Gasteiger partial charge on any atom is -0.491 e. The minimum absolute atomic E-state index is 0.155. The van der Waals surface area contributed by atoms with E-state index in [4.69, 9.17) is 26.4 Å². The van der Waals surface area contributed by atoms with Crippen molar-refractivity contribution in [3.05, 3.63) is 48.0 Å². The Kier molecular flexibility index (Phi) is 5.05. The van der Waals surface area contributed by atoms with Crippen molar-refractivity contribution in [2.45, 2.75) is 26.5 Å². The van der Waals surface area contributed by atoms with Gasteiger partial charge in [-0.05, 0) is 55.9 Å². The van der Waals surface area contributed by atoms with Crippen LogP contribution in [0.5, 0.6) is 17.2 Å². The molecule has 1 heterocycles. The van der Waals surface area contributed by atoms with Crippen LogP contribution in [0.15, 0.2) is 42.5 Å². The Morgan fingerprint density at radius 3 is 2.83 bits per heavy atom. The number of hydrogen-bond donors (Lipinski definition) is 2. The van der Waals surface area contributed by atoms with Gasteiger partial charge < -0.3 is 24.8 Å². The molecule has 0 radical (unpaired) electrons. The van der Waals surface area contributed by atoms with E-state index in [1.165, 1.54) is 0 Å². The predicted molar refractivity (Wildman–Crippen MR) is 97.8 cm³/mol. The van der Waals surface area contributed by atoms with Gasteiger partial charge in [0.1, 0.15) is 5.75 Å². The molecular weight excluding hydrogens is 324 g/mol. The fraction of sp³-hybridized carbons (Fsp3) is 0.278. The second-order valence-electron chi connectivity index (χ2n) is 5.69. The number of ether oxygens (including phenoxy) is 3. The van der Waals surface area contributed by atoms with Crippen LogP contribution < -0.4 is 24.8 Å². The zero-order valence-electron chi connectivity index (χ0n) is 13.7. The Labute approximate surface area is 146 Å². The first-order valence-corrected chi connectivity index (χ1v) is 8.21. The van der Waals surface area contributed by atoms with Gasteiger partial charge in [0.15, 0.2) is 16.6 Å². The van der Waals surface area contributed by atoms with E-state index in [1.54, 1.807) is 0 Å². The maximum absolute atomic E-state index is 5.70. The van der Waals surface area contributed by atoms with E-state index in [-0.39, 0.29) is 12.9 Å².